The summed E-state index contributed by atoms with van der Waals surface area (Å²) in [5.41, 5.74) is 2.51. The van der Waals surface area contributed by atoms with Crippen LogP contribution in [0.2, 0.25) is 0 Å². The molecule has 1 N–H and O–H groups in total. The lowest BCUT2D eigenvalue weighted by atomic mass is 10.1. The summed E-state index contributed by atoms with van der Waals surface area (Å²) in [6.07, 6.45) is 0.823. The van der Waals surface area contributed by atoms with Gasteiger partial charge in [-0.05, 0) is 61.9 Å². The largest absolute Gasteiger partial charge is 0.462 e. The minimum Gasteiger partial charge on any atom is -0.462 e. The normalized spacial score (nSPS) is 10.4. The fourth-order valence-corrected chi connectivity index (χ4v) is 2.71. The van der Waals surface area contributed by atoms with Crippen LogP contribution in [-0.4, -0.2) is 19.1 Å². The summed E-state index contributed by atoms with van der Waals surface area (Å²) >= 11 is 0. The highest BCUT2D eigenvalue weighted by atomic mass is 35.5. The van der Waals surface area contributed by atoms with Crippen LogP contribution in [0.1, 0.15) is 28.6 Å². The molecule has 1 aromatic heterocycles. The predicted molar refractivity (Wildman–Crippen MR) is 109 cm³/mol. The second-order valence-corrected chi connectivity index (χ2v) is 6.12. The van der Waals surface area contributed by atoms with Crippen molar-refractivity contribution < 1.29 is 18.3 Å². The number of nitrogens with one attached hydrogen (secondary N) is 1. The molecule has 0 bridgehead atoms. The maximum Gasteiger partial charge on any atom is 0.338 e. The van der Waals surface area contributed by atoms with Gasteiger partial charge in [-0.1, -0.05) is 24.3 Å². The van der Waals surface area contributed by atoms with Crippen molar-refractivity contribution in [3.05, 3.63) is 83.4 Å². The van der Waals surface area contributed by atoms with Gasteiger partial charge in [-0.25, -0.2) is 9.18 Å². The van der Waals surface area contributed by atoms with Crippen LogP contribution in [0, 0.1) is 5.82 Å². The van der Waals surface area contributed by atoms with E-state index in [1.807, 2.05) is 24.3 Å². The predicted octanol–water partition coefficient (Wildman–Crippen LogP) is 5.02. The summed E-state index contributed by atoms with van der Waals surface area (Å²) in [5, 5.41) is 3.32. The van der Waals surface area contributed by atoms with Crippen LogP contribution in [0.25, 0.3) is 11.3 Å². The van der Waals surface area contributed by atoms with Gasteiger partial charge in [0.25, 0.3) is 0 Å². The molecule has 1 heterocycles. The summed E-state index contributed by atoms with van der Waals surface area (Å²) in [6.45, 7) is 3.53. The van der Waals surface area contributed by atoms with Gasteiger partial charge >= 0.3 is 5.97 Å². The Balaban J connectivity index is 0.00000280. The van der Waals surface area contributed by atoms with E-state index in [1.54, 1.807) is 31.2 Å². The molecule has 2 aromatic carbocycles. The lowest BCUT2D eigenvalue weighted by Crippen LogP contribution is -2.16. The fourth-order valence-electron chi connectivity index (χ4n) is 2.71. The second-order valence-electron chi connectivity index (χ2n) is 6.12. The molecule has 3 aromatic rings. The fraction of sp³-hybridized carbons (Fsp3) is 0.227. The third-order valence-corrected chi connectivity index (χ3v) is 4.15. The number of rotatable bonds is 8. The minimum atomic E-state index is -0.325. The zero-order chi connectivity index (χ0) is 19.1. The van der Waals surface area contributed by atoms with Crippen LogP contribution in [0.15, 0.2) is 65.1 Å². The monoisotopic (exact) mass is 403 g/mol. The Morgan fingerprint density at radius 2 is 1.75 bits per heavy atom. The van der Waals surface area contributed by atoms with Gasteiger partial charge in [-0.15, -0.1) is 12.4 Å². The van der Waals surface area contributed by atoms with Crippen molar-refractivity contribution in [2.75, 3.05) is 13.2 Å². The van der Waals surface area contributed by atoms with E-state index in [0.717, 1.165) is 35.6 Å². The van der Waals surface area contributed by atoms with Crippen LogP contribution in [0.5, 0.6) is 0 Å². The van der Waals surface area contributed by atoms with Crippen LogP contribution in [0.4, 0.5) is 4.39 Å². The van der Waals surface area contributed by atoms with Crippen LogP contribution >= 0.6 is 12.4 Å². The van der Waals surface area contributed by atoms with Crippen molar-refractivity contribution >= 4 is 18.4 Å². The smallest absolute Gasteiger partial charge is 0.338 e. The highest BCUT2D eigenvalue weighted by molar-refractivity contribution is 5.89. The van der Waals surface area contributed by atoms with Crippen molar-refractivity contribution in [1.29, 1.82) is 0 Å². The molecule has 6 heteroatoms. The van der Waals surface area contributed by atoms with Gasteiger partial charge in [0.1, 0.15) is 17.3 Å². The minimum absolute atomic E-state index is 0. The molecule has 0 atom stereocenters. The number of carbonyl (C=O) groups is 1. The van der Waals surface area contributed by atoms with Crippen molar-refractivity contribution in [2.24, 2.45) is 0 Å². The van der Waals surface area contributed by atoms with E-state index in [9.17, 15) is 9.18 Å². The molecule has 0 unspecified atom stereocenters. The number of furan rings is 1. The molecule has 28 heavy (non-hydrogen) atoms. The van der Waals surface area contributed by atoms with Crippen molar-refractivity contribution in [2.45, 2.75) is 19.9 Å². The van der Waals surface area contributed by atoms with Crippen molar-refractivity contribution in [1.82, 2.24) is 5.32 Å². The van der Waals surface area contributed by atoms with E-state index in [2.05, 4.69) is 5.32 Å². The first-order chi connectivity index (χ1) is 13.2. The molecule has 0 fully saturated rings. The number of carbonyl (C=O) groups excluding carboxylic acids is 1. The summed E-state index contributed by atoms with van der Waals surface area (Å²) in [7, 11) is 0. The molecule has 0 radical (unpaired) electrons. The molecular weight excluding hydrogens is 381 g/mol. The average Bonchev–Trinajstić information content (AvgIpc) is 3.16. The Kier molecular flexibility index (Phi) is 8.23. The van der Waals surface area contributed by atoms with Gasteiger partial charge in [0, 0.05) is 5.56 Å². The third-order valence-electron chi connectivity index (χ3n) is 4.15. The number of benzene rings is 2. The quantitative estimate of drug-likeness (QED) is 0.424. The molecule has 0 spiro atoms. The Morgan fingerprint density at radius 1 is 1.04 bits per heavy atom. The molecule has 0 saturated carbocycles. The topological polar surface area (TPSA) is 51.5 Å². The number of hydrogen-bond donors (Lipinski definition) is 1. The number of halogens is 2. The van der Waals surface area contributed by atoms with Crippen LogP contribution in [-0.2, 0) is 17.7 Å². The van der Waals surface area contributed by atoms with Crippen molar-refractivity contribution in [3.8, 4) is 11.3 Å². The molecule has 0 aliphatic carbocycles. The van der Waals surface area contributed by atoms with E-state index in [-0.39, 0.29) is 24.2 Å². The number of hydrogen-bond acceptors (Lipinski definition) is 4. The molecule has 0 aliphatic heterocycles. The first-order valence-corrected chi connectivity index (χ1v) is 8.97. The first-order valence-electron chi connectivity index (χ1n) is 8.97. The second kappa shape index (κ2) is 10.6. The van der Waals surface area contributed by atoms with Gasteiger partial charge in [-0.2, -0.15) is 0 Å². The summed E-state index contributed by atoms with van der Waals surface area (Å²) in [6, 6.07) is 17.5. The standard InChI is InChI=1S/C22H22FNO3.ClH/c1-2-26-22(25)18-7-5-17(6-8-18)21-12-11-20(27-21)15-24-14-13-16-3-9-19(23)10-4-16;/h3-12,24H,2,13-15H2,1H3;1H. The highest BCUT2D eigenvalue weighted by Crippen LogP contribution is 2.23. The maximum absolute atomic E-state index is 12.9. The SMILES string of the molecule is CCOC(=O)c1ccc(-c2ccc(CNCCc3ccc(F)cc3)o2)cc1.Cl. The van der Waals surface area contributed by atoms with Crippen LogP contribution < -0.4 is 5.32 Å². The Bertz CT molecular complexity index is 876. The van der Waals surface area contributed by atoms with E-state index >= 15 is 0 Å². The molecule has 0 aliphatic rings. The highest BCUT2D eigenvalue weighted by Gasteiger charge is 2.08. The molecular formula is C22H23ClFNO3. The molecule has 0 saturated heterocycles. The van der Waals surface area contributed by atoms with Crippen molar-refractivity contribution in [3.63, 3.8) is 0 Å². The summed E-state index contributed by atoms with van der Waals surface area (Å²) in [5.74, 6) is 1.04. The zero-order valence-electron chi connectivity index (χ0n) is 15.6. The number of ether oxygens (including phenoxy) is 1. The van der Waals surface area contributed by atoms with E-state index < -0.39 is 0 Å². The van der Waals surface area contributed by atoms with Crippen LogP contribution in [0.3, 0.4) is 0 Å². The van der Waals surface area contributed by atoms with E-state index in [4.69, 9.17) is 9.15 Å². The molecule has 4 nitrogen and oxygen atoms in total. The van der Waals surface area contributed by atoms with Gasteiger partial charge in [0.2, 0.25) is 0 Å². The number of esters is 1. The molecule has 148 valence electrons. The van der Waals surface area contributed by atoms with E-state index in [1.165, 1.54) is 12.1 Å². The molecule has 0 amide bonds. The Morgan fingerprint density at radius 3 is 2.43 bits per heavy atom. The average molecular weight is 404 g/mol. The maximum atomic E-state index is 12.9. The van der Waals surface area contributed by atoms with E-state index in [0.29, 0.717) is 18.7 Å². The lowest BCUT2D eigenvalue weighted by Gasteiger charge is -2.04. The van der Waals surface area contributed by atoms with Gasteiger partial charge in [-0.3, -0.25) is 0 Å². The van der Waals surface area contributed by atoms with Gasteiger partial charge in [0.15, 0.2) is 0 Å². The van der Waals surface area contributed by atoms with Gasteiger partial charge < -0.3 is 14.5 Å². The van der Waals surface area contributed by atoms with Gasteiger partial charge in [0.05, 0.1) is 18.7 Å². The first kappa shape index (κ1) is 21.7. The summed E-state index contributed by atoms with van der Waals surface area (Å²) in [4.78, 5) is 11.7. The molecule has 3 rings (SSSR count). The lowest BCUT2D eigenvalue weighted by molar-refractivity contribution is 0.0526. The zero-order valence-corrected chi connectivity index (χ0v) is 16.4. The Hall–Kier alpha value is -2.63. The third kappa shape index (κ3) is 5.94. The Labute approximate surface area is 170 Å². The summed E-state index contributed by atoms with van der Waals surface area (Å²) < 4.78 is 23.7.